The van der Waals surface area contributed by atoms with Crippen molar-refractivity contribution in [2.45, 2.75) is 44.2 Å². The number of hydrogen-bond acceptors (Lipinski definition) is 2. The summed E-state index contributed by atoms with van der Waals surface area (Å²) in [7, 11) is 0. The highest BCUT2D eigenvalue weighted by Crippen LogP contribution is 2.25. The highest BCUT2D eigenvalue weighted by atomic mass is 16.3. The number of rotatable bonds is 0. The van der Waals surface area contributed by atoms with Crippen LogP contribution in [0.4, 0.5) is 0 Å². The third kappa shape index (κ3) is 1.43. The minimum Gasteiger partial charge on any atom is -0.389 e. The van der Waals surface area contributed by atoms with Gasteiger partial charge < -0.3 is 10.8 Å². The molecular weight excluding hydrogens is 114 g/mol. The average Bonchev–Trinajstić information content (AvgIpc) is 1.77. The normalized spacial score (nSPS) is 45.0. The van der Waals surface area contributed by atoms with Crippen molar-refractivity contribution in [2.24, 2.45) is 5.73 Å². The van der Waals surface area contributed by atoms with E-state index in [2.05, 4.69) is 0 Å². The number of hydrogen-bond donors (Lipinski definition) is 2. The summed E-state index contributed by atoms with van der Waals surface area (Å²) in [5.41, 5.74) is 5.08. The van der Waals surface area contributed by atoms with Crippen LogP contribution in [0.25, 0.3) is 0 Å². The Bertz CT molecular complexity index is 101. The molecule has 0 aromatic heterocycles. The first-order valence-electron chi connectivity index (χ1n) is 3.61. The quantitative estimate of drug-likeness (QED) is 0.504. The first kappa shape index (κ1) is 7.03. The van der Waals surface area contributed by atoms with Gasteiger partial charge in [-0.1, -0.05) is 12.8 Å². The second-order valence-corrected chi connectivity index (χ2v) is 3.21. The highest BCUT2D eigenvalue weighted by Gasteiger charge is 2.30. The monoisotopic (exact) mass is 129 g/mol. The van der Waals surface area contributed by atoms with Crippen LogP contribution in [-0.2, 0) is 0 Å². The zero-order valence-corrected chi connectivity index (χ0v) is 5.93. The summed E-state index contributed by atoms with van der Waals surface area (Å²) in [4.78, 5) is 0. The molecule has 0 heterocycles. The molecule has 0 bridgehead atoms. The Morgan fingerprint density at radius 2 is 2.22 bits per heavy atom. The lowest BCUT2D eigenvalue weighted by Gasteiger charge is -2.34. The summed E-state index contributed by atoms with van der Waals surface area (Å²) < 4.78 is 0. The van der Waals surface area contributed by atoms with Gasteiger partial charge in [0, 0.05) is 6.04 Å². The van der Waals surface area contributed by atoms with Gasteiger partial charge in [0.15, 0.2) is 0 Å². The Hall–Kier alpha value is -0.0800. The van der Waals surface area contributed by atoms with Crippen LogP contribution in [0.2, 0.25) is 0 Å². The molecule has 0 unspecified atom stereocenters. The molecule has 0 radical (unpaired) electrons. The fraction of sp³-hybridized carbons (Fsp3) is 1.00. The van der Waals surface area contributed by atoms with Crippen LogP contribution in [0, 0.1) is 0 Å². The van der Waals surface area contributed by atoms with Gasteiger partial charge >= 0.3 is 0 Å². The third-order valence-electron chi connectivity index (χ3n) is 2.25. The van der Waals surface area contributed by atoms with Gasteiger partial charge in [-0.25, -0.2) is 0 Å². The molecule has 54 valence electrons. The van der Waals surface area contributed by atoms with E-state index in [9.17, 15) is 5.11 Å². The van der Waals surface area contributed by atoms with Crippen LogP contribution < -0.4 is 5.73 Å². The largest absolute Gasteiger partial charge is 0.389 e. The lowest BCUT2D eigenvalue weighted by Crippen LogP contribution is -2.47. The molecular formula is C7H15NO. The molecule has 1 aliphatic carbocycles. The van der Waals surface area contributed by atoms with Gasteiger partial charge in [-0.3, -0.25) is 0 Å². The first-order valence-corrected chi connectivity index (χ1v) is 3.61. The zero-order chi connectivity index (χ0) is 6.91. The van der Waals surface area contributed by atoms with E-state index in [1.807, 2.05) is 6.92 Å². The van der Waals surface area contributed by atoms with Gasteiger partial charge in [-0.2, -0.15) is 0 Å². The van der Waals surface area contributed by atoms with Crippen molar-refractivity contribution >= 4 is 0 Å². The van der Waals surface area contributed by atoms with Crippen LogP contribution in [0.15, 0.2) is 0 Å². The number of aliphatic hydroxyl groups is 1. The third-order valence-corrected chi connectivity index (χ3v) is 2.25. The standard InChI is InChI=1S/C7H15NO/c1-7(9)5-3-2-4-6(7)8/h6,9H,2-5,8H2,1H3/t6-,7+/m1/s1. The molecule has 0 amide bonds. The van der Waals surface area contributed by atoms with E-state index >= 15 is 0 Å². The Morgan fingerprint density at radius 3 is 2.56 bits per heavy atom. The van der Waals surface area contributed by atoms with Crippen molar-refractivity contribution in [3.05, 3.63) is 0 Å². The van der Waals surface area contributed by atoms with Gasteiger partial charge in [0.2, 0.25) is 0 Å². The summed E-state index contributed by atoms with van der Waals surface area (Å²) in [6.45, 7) is 1.83. The molecule has 3 N–H and O–H groups in total. The van der Waals surface area contributed by atoms with Gasteiger partial charge in [-0.15, -0.1) is 0 Å². The average molecular weight is 129 g/mol. The van der Waals surface area contributed by atoms with E-state index in [0.717, 1.165) is 19.3 Å². The minimum absolute atomic E-state index is 0.00579. The van der Waals surface area contributed by atoms with Gasteiger partial charge in [-0.05, 0) is 19.8 Å². The maximum atomic E-state index is 9.52. The maximum Gasteiger partial charge on any atom is 0.0769 e. The lowest BCUT2D eigenvalue weighted by molar-refractivity contribution is 0.00358. The van der Waals surface area contributed by atoms with Crippen molar-refractivity contribution in [3.8, 4) is 0 Å². The second kappa shape index (κ2) is 2.27. The topological polar surface area (TPSA) is 46.2 Å². The minimum atomic E-state index is -0.585. The van der Waals surface area contributed by atoms with E-state index in [1.54, 1.807) is 0 Å². The molecule has 1 saturated carbocycles. The molecule has 9 heavy (non-hydrogen) atoms. The molecule has 2 atom stereocenters. The fourth-order valence-corrected chi connectivity index (χ4v) is 1.34. The van der Waals surface area contributed by atoms with E-state index in [0.29, 0.717) is 0 Å². The SMILES string of the molecule is C[C@]1(O)CCCC[C@H]1N. The van der Waals surface area contributed by atoms with E-state index < -0.39 is 5.60 Å². The maximum absolute atomic E-state index is 9.52. The Balaban J connectivity index is 2.49. The lowest BCUT2D eigenvalue weighted by atomic mass is 9.82. The first-order chi connectivity index (χ1) is 4.13. The van der Waals surface area contributed by atoms with Crippen molar-refractivity contribution in [1.82, 2.24) is 0 Å². The summed E-state index contributed by atoms with van der Waals surface area (Å²) in [5, 5.41) is 9.52. The molecule has 0 spiro atoms. The highest BCUT2D eigenvalue weighted by molar-refractivity contribution is 4.88. The molecule has 0 aliphatic heterocycles. The van der Waals surface area contributed by atoms with E-state index in [4.69, 9.17) is 5.73 Å². The molecule has 2 nitrogen and oxygen atoms in total. The zero-order valence-electron chi connectivity index (χ0n) is 5.93. The Labute approximate surface area is 56.1 Å². The summed E-state index contributed by atoms with van der Waals surface area (Å²) in [6, 6.07) is 0.00579. The summed E-state index contributed by atoms with van der Waals surface area (Å²) >= 11 is 0. The second-order valence-electron chi connectivity index (χ2n) is 3.21. The molecule has 1 fully saturated rings. The van der Waals surface area contributed by atoms with Gasteiger partial charge in [0.25, 0.3) is 0 Å². The van der Waals surface area contributed by atoms with Crippen LogP contribution in [-0.4, -0.2) is 16.7 Å². The van der Waals surface area contributed by atoms with Crippen molar-refractivity contribution in [3.63, 3.8) is 0 Å². The Kier molecular flexibility index (Phi) is 1.78. The summed E-state index contributed by atoms with van der Waals surface area (Å²) in [5.74, 6) is 0. The van der Waals surface area contributed by atoms with Crippen LogP contribution in [0.1, 0.15) is 32.6 Å². The molecule has 2 heteroatoms. The van der Waals surface area contributed by atoms with E-state index in [-0.39, 0.29) is 6.04 Å². The predicted molar refractivity (Wildman–Crippen MR) is 37.1 cm³/mol. The molecule has 0 aromatic rings. The van der Waals surface area contributed by atoms with Gasteiger partial charge in [0.05, 0.1) is 5.60 Å². The van der Waals surface area contributed by atoms with Crippen molar-refractivity contribution in [2.75, 3.05) is 0 Å². The Morgan fingerprint density at radius 1 is 1.56 bits per heavy atom. The molecule has 0 saturated heterocycles. The van der Waals surface area contributed by atoms with Crippen LogP contribution >= 0.6 is 0 Å². The smallest absolute Gasteiger partial charge is 0.0769 e. The van der Waals surface area contributed by atoms with Crippen LogP contribution in [0.5, 0.6) is 0 Å². The van der Waals surface area contributed by atoms with Crippen LogP contribution in [0.3, 0.4) is 0 Å². The molecule has 1 aliphatic rings. The molecule has 0 aromatic carbocycles. The van der Waals surface area contributed by atoms with E-state index in [1.165, 1.54) is 6.42 Å². The summed E-state index contributed by atoms with van der Waals surface area (Å²) in [6.07, 6.45) is 4.15. The predicted octanol–water partition coefficient (Wildman–Crippen LogP) is 0.639. The van der Waals surface area contributed by atoms with Gasteiger partial charge in [0.1, 0.15) is 0 Å². The van der Waals surface area contributed by atoms with Crippen molar-refractivity contribution in [1.29, 1.82) is 0 Å². The fourth-order valence-electron chi connectivity index (χ4n) is 1.34. The number of nitrogens with two attached hydrogens (primary N) is 1. The molecule has 1 rings (SSSR count). The van der Waals surface area contributed by atoms with Crippen molar-refractivity contribution < 1.29 is 5.11 Å².